The zero-order valence-corrected chi connectivity index (χ0v) is 9.91. The van der Waals surface area contributed by atoms with Crippen molar-refractivity contribution in [2.24, 2.45) is 0 Å². The molecule has 0 amide bonds. The third-order valence-electron chi connectivity index (χ3n) is 1.59. The average molecular weight is 224 g/mol. The van der Waals surface area contributed by atoms with Crippen LogP contribution in [0.4, 0.5) is 0 Å². The minimum absolute atomic E-state index is 0.777. The molecule has 1 heterocycles. The number of pyridine rings is 1. The highest BCUT2D eigenvalue weighted by Gasteiger charge is 2.08. The van der Waals surface area contributed by atoms with Gasteiger partial charge >= 0.3 is 0 Å². The lowest BCUT2D eigenvalue weighted by molar-refractivity contribution is 1.12. The van der Waals surface area contributed by atoms with Gasteiger partial charge in [-0.3, -0.25) is 4.98 Å². The van der Waals surface area contributed by atoms with Crippen LogP contribution in [0.5, 0.6) is 0 Å². The molecule has 0 N–H and O–H groups in total. The van der Waals surface area contributed by atoms with Crippen LogP contribution in [-0.4, -0.2) is 16.5 Å². The Balaban J connectivity index is 3.06. The van der Waals surface area contributed by atoms with E-state index in [1.807, 2.05) is 0 Å². The Labute approximate surface area is 93.1 Å². The minimum atomic E-state index is 0.777. The van der Waals surface area contributed by atoms with Crippen LogP contribution < -0.4 is 0 Å². The molecule has 2 nitrogen and oxygen atoms in total. The number of hydrogen-bond acceptors (Lipinski definition) is 4. The zero-order chi connectivity index (χ0) is 10.4. The van der Waals surface area contributed by atoms with Crippen LogP contribution in [-0.2, 0) is 0 Å². The van der Waals surface area contributed by atoms with Crippen molar-refractivity contribution in [2.45, 2.75) is 23.6 Å². The second-order valence-corrected chi connectivity index (χ2v) is 5.10. The number of nitrogens with zero attached hydrogens (tertiary/aromatic N) is 2. The Morgan fingerprint density at radius 1 is 1.21 bits per heavy atom. The van der Waals surface area contributed by atoms with Gasteiger partial charge in [0.2, 0.25) is 0 Å². The molecule has 1 aromatic heterocycles. The highest BCUT2D eigenvalue weighted by molar-refractivity contribution is 8.00. The van der Waals surface area contributed by atoms with E-state index < -0.39 is 0 Å². The van der Waals surface area contributed by atoms with Crippen molar-refractivity contribution >= 4 is 23.5 Å². The molecule has 0 aliphatic carbocycles. The first-order valence-electron chi connectivity index (χ1n) is 4.47. The third-order valence-corrected chi connectivity index (χ3v) is 3.41. The molecule has 0 saturated carbocycles. The summed E-state index contributed by atoms with van der Waals surface area (Å²) in [6.45, 7) is 4.15. The average Bonchev–Trinajstić information content (AvgIpc) is 2.19. The fraction of sp³-hybridized carbons (Fsp3) is 0.400. The van der Waals surface area contributed by atoms with Gasteiger partial charge < -0.3 is 0 Å². The molecule has 0 radical (unpaired) electrons. The molecule has 1 aromatic rings. The monoisotopic (exact) mass is 224 g/mol. The summed E-state index contributed by atoms with van der Waals surface area (Å²) in [5, 5.41) is 9.05. The SMILES string of the molecule is CCSc1cncc(SCC)c1C#N. The molecule has 0 aliphatic heterocycles. The maximum absolute atomic E-state index is 9.05. The fourth-order valence-corrected chi connectivity index (χ4v) is 2.62. The van der Waals surface area contributed by atoms with Crippen LogP contribution in [0.2, 0.25) is 0 Å². The summed E-state index contributed by atoms with van der Waals surface area (Å²) in [6, 6.07) is 2.25. The molecular formula is C10H12N2S2. The molecule has 4 heteroatoms. The molecule has 0 fully saturated rings. The summed E-state index contributed by atoms with van der Waals surface area (Å²) in [5.41, 5.74) is 0.777. The normalized spacial score (nSPS) is 9.79. The molecule has 0 atom stereocenters. The Morgan fingerprint density at radius 3 is 2.07 bits per heavy atom. The molecule has 0 saturated heterocycles. The van der Waals surface area contributed by atoms with Gasteiger partial charge in [0.05, 0.1) is 5.56 Å². The second-order valence-electron chi connectivity index (χ2n) is 2.49. The van der Waals surface area contributed by atoms with E-state index in [1.54, 1.807) is 35.9 Å². The van der Waals surface area contributed by atoms with Gasteiger partial charge in [0.15, 0.2) is 0 Å². The first-order chi connectivity index (χ1) is 6.83. The zero-order valence-electron chi connectivity index (χ0n) is 8.28. The molecule has 0 bridgehead atoms. The van der Waals surface area contributed by atoms with Gasteiger partial charge in [0, 0.05) is 22.2 Å². The van der Waals surface area contributed by atoms with E-state index in [1.165, 1.54) is 0 Å². The van der Waals surface area contributed by atoms with Crippen LogP contribution in [0, 0.1) is 11.3 Å². The van der Waals surface area contributed by atoms with Crippen molar-refractivity contribution in [2.75, 3.05) is 11.5 Å². The number of rotatable bonds is 4. The maximum atomic E-state index is 9.05. The number of thioether (sulfide) groups is 2. The van der Waals surface area contributed by atoms with Gasteiger partial charge in [-0.2, -0.15) is 5.26 Å². The Bertz CT molecular complexity index is 320. The van der Waals surface area contributed by atoms with Gasteiger partial charge in [0.1, 0.15) is 6.07 Å². The van der Waals surface area contributed by atoms with Crippen LogP contribution in [0.3, 0.4) is 0 Å². The molecule has 0 aromatic carbocycles. The first-order valence-corrected chi connectivity index (χ1v) is 6.44. The van der Waals surface area contributed by atoms with Crippen LogP contribution in [0.1, 0.15) is 19.4 Å². The predicted molar refractivity (Wildman–Crippen MR) is 61.7 cm³/mol. The molecule has 0 aliphatic rings. The van der Waals surface area contributed by atoms with Crippen LogP contribution in [0.15, 0.2) is 22.2 Å². The topological polar surface area (TPSA) is 36.7 Å². The lowest BCUT2D eigenvalue weighted by Crippen LogP contribution is -1.89. The highest BCUT2D eigenvalue weighted by Crippen LogP contribution is 2.29. The molecule has 0 spiro atoms. The third kappa shape index (κ3) is 2.66. The van der Waals surface area contributed by atoms with Crippen molar-refractivity contribution in [1.82, 2.24) is 4.98 Å². The molecular weight excluding hydrogens is 212 g/mol. The van der Waals surface area contributed by atoms with Gasteiger partial charge in [-0.25, -0.2) is 0 Å². The van der Waals surface area contributed by atoms with E-state index in [4.69, 9.17) is 5.26 Å². The smallest absolute Gasteiger partial charge is 0.102 e. The van der Waals surface area contributed by atoms with E-state index in [-0.39, 0.29) is 0 Å². The van der Waals surface area contributed by atoms with Crippen molar-refractivity contribution in [3.8, 4) is 6.07 Å². The molecule has 1 rings (SSSR count). The summed E-state index contributed by atoms with van der Waals surface area (Å²) >= 11 is 3.34. The van der Waals surface area contributed by atoms with Gasteiger partial charge in [-0.15, -0.1) is 23.5 Å². The summed E-state index contributed by atoms with van der Waals surface area (Å²) in [6.07, 6.45) is 3.54. The fourth-order valence-electron chi connectivity index (χ4n) is 1.06. The molecule has 0 unspecified atom stereocenters. The second kappa shape index (κ2) is 5.94. The number of aromatic nitrogens is 1. The summed E-state index contributed by atoms with van der Waals surface area (Å²) < 4.78 is 0. The summed E-state index contributed by atoms with van der Waals surface area (Å²) in [7, 11) is 0. The van der Waals surface area contributed by atoms with Crippen molar-refractivity contribution < 1.29 is 0 Å². The predicted octanol–water partition coefficient (Wildman–Crippen LogP) is 3.18. The Hall–Kier alpha value is -0.660. The maximum Gasteiger partial charge on any atom is 0.102 e. The molecule has 74 valence electrons. The van der Waals surface area contributed by atoms with Crippen molar-refractivity contribution in [1.29, 1.82) is 5.26 Å². The standard InChI is InChI=1S/C10H12N2S2/c1-3-13-9-6-12-7-10(14-4-2)8(9)5-11/h6-7H,3-4H2,1-2H3. The lowest BCUT2D eigenvalue weighted by Gasteiger charge is -2.05. The quantitative estimate of drug-likeness (QED) is 0.736. The van der Waals surface area contributed by atoms with E-state index in [2.05, 4.69) is 24.9 Å². The Morgan fingerprint density at radius 2 is 1.71 bits per heavy atom. The van der Waals surface area contributed by atoms with Gasteiger partial charge in [-0.1, -0.05) is 13.8 Å². The van der Waals surface area contributed by atoms with E-state index in [0.29, 0.717) is 0 Å². The van der Waals surface area contributed by atoms with Crippen molar-refractivity contribution in [3.05, 3.63) is 18.0 Å². The van der Waals surface area contributed by atoms with Crippen LogP contribution in [0.25, 0.3) is 0 Å². The highest BCUT2D eigenvalue weighted by atomic mass is 32.2. The number of nitriles is 1. The minimum Gasteiger partial charge on any atom is -0.262 e. The van der Waals surface area contributed by atoms with E-state index in [9.17, 15) is 0 Å². The van der Waals surface area contributed by atoms with Gasteiger partial charge in [-0.05, 0) is 11.5 Å². The van der Waals surface area contributed by atoms with E-state index >= 15 is 0 Å². The largest absolute Gasteiger partial charge is 0.262 e. The summed E-state index contributed by atoms with van der Waals surface area (Å²) in [4.78, 5) is 6.13. The van der Waals surface area contributed by atoms with E-state index in [0.717, 1.165) is 26.9 Å². The van der Waals surface area contributed by atoms with Gasteiger partial charge in [0.25, 0.3) is 0 Å². The molecule has 14 heavy (non-hydrogen) atoms. The first kappa shape index (κ1) is 11.4. The Kier molecular flexibility index (Phi) is 4.85. The van der Waals surface area contributed by atoms with Crippen molar-refractivity contribution in [3.63, 3.8) is 0 Å². The van der Waals surface area contributed by atoms with Crippen LogP contribution >= 0.6 is 23.5 Å². The lowest BCUT2D eigenvalue weighted by atomic mass is 10.3. The summed E-state index contributed by atoms with van der Waals surface area (Å²) in [5.74, 6) is 1.94. The number of hydrogen-bond donors (Lipinski definition) is 0.